The zero-order chi connectivity index (χ0) is 26.7. The fourth-order valence-corrected chi connectivity index (χ4v) is 5.43. The van der Waals surface area contributed by atoms with Gasteiger partial charge in [-0.05, 0) is 26.2 Å². The molecular weight excluding hydrogens is 531 g/mol. The Labute approximate surface area is 217 Å². The number of aromatic nitrogens is 7. The summed E-state index contributed by atoms with van der Waals surface area (Å²) in [6, 6.07) is 0. The molecular formula is C21H26ClFN8O5S. The van der Waals surface area contributed by atoms with Gasteiger partial charge in [-0.15, -0.1) is 10.2 Å². The van der Waals surface area contributed by atoms with Gasteiger partial charge < -0.3 is 14.2 Å². The largest absolute Gasteiger partial charge is 0.479 e. The highest BCUT2D eigenvalue weighted by atomic mass is 35.5. The van der Waals surface area contributed by atoms with Crippen molar-refractivity contribution in [1.29, 1.82) is 0 Å². The van der Waals surface area contributed by atoms with Crippen molar-refractivity contribution in [3.8, 4) is 17.4 Å². The molecule has 16 heteroatoms. The molecule has 0 aromatic carbocycles. The number of methoxy groups -OCH3 is 3. The van der Waals surface area contributed by atoms with Crippen LogP contribution in [0.15, 0.2) is 18.7 Å². The van der Waals surface area contributed by atoms with E-state index in [9.17, 15) is 12.8 Å². The lowest BCUT2D eigenvalue weighted by molar-refractivity contribution is 0.0950. The predicted molar refractivity (Wildman–Crippen MR) is 130 cm³/mol. The molecule has 4 rings (SSSR count). The molecule has 200 valence electrons. The van der Waals surface area contributed by atoms with Crippen LogP contribution >= 0.6 is 11.6 Å². The summed E-state index contributed by atoms with van der Waals surface area (Å²) in [5.41, 5.74) is 0.171. The molecule has 3 aromatic rings. The zero-order valence-corrected chi connectivity index (χ0v) is 22.1. The van der Waals surface area contributed by atoms with Gasteiger partial charge >= 0.3 is 0 Å². The minimum atomic E-state index is -4.18. The van der Waals surface area contributed by atoms with Crippen LogP contribution in [0.5, 0.6) is 11.8 Å². The molecule has 3 heterocycles. The quantitative estimate of drug-likeness (QED) is 0.391. The molecule has 1 aliphatic carbocycles. The molecule has 4 atom stereocenters. The fourth-order valence-electron chi connectivity index (χ4n) is 4.20. The van der Waals surface area contributed by atoms with Crippen molar-refractivity contribution in [3.05, 3.63) is 35.4 Å². The number of hydrogen-bond acceptors (Lipinski definition) is 11. The summed E-state index contributed by atoms with van der Waals surface area (Å²) < 4.78 is 61.2. The van der Waals surface area contributed by atoms with Gasteiger partial charge in [0.1, 0.15) is 29.7 Å². The van der Waals surface area contributed by atoms with Crippen molar-refractivity contribution in [2.24, 2.45) is 0 Å². The lowest BCUT2D eigenvalue weighted by Crippen LogP contribution is -2.33. The molecule has 0 spiro atoms. The van der Waals surface area contributed by atoms with Crippen LogP contribution in [0.3, 0.4) is 0 Å². The monoisotopic (exact) mass is 556 g/mol. The van der Waals surface area contributed by atoms with Crippen LogP contribution in [-0.4, -0.2) is 75.9 Å². The number of alkyl halides is 1. The van der Waals surface area contributed by atoms with Crippen LogP contribution in [0.25, 0.3) is 5.69 Å². The highest BCUT2D eigenvalue weighted by Gasteiger charge is 2.37. The van der Waals surface area contributed by atoms with Crippen LogP contribution in [-0.2, 0) is 14.8 Å². The summed E-state index contributed by atoms with van der Waals surface area (Å²) in [6.45, 7) is 1.44. The molecule has 13 nitrogen and oxygen atoms in total. The Hall–Kier alpha value is -3.17. The minimum Gasteiger partial charge on any atom is -0.479 e. The van der Waals surface area contributed by atoms with Gasteiger partial charge in [0.25, 0.3) is 0 Å². The molecule has 1 N–H and O–H groups in total. The Kier molecular flexibility index (Phi) is 8.04. The molecule has 0 amide bonds. The molecule has 0 saturated heterocycles. The summed E-state index contributed by atoms with van der Waals surface area (Å²) >= 11 is 5.86. The van der Waals surface area contributed by atoms with Gasteiger partial charge in [0.15, 0.2) is 11.5 Å². The van der Waals surface area contributed by atoms with E-state index in [0.29, 0.717) is 23.7 Å². The highest BCUT2D eigenvalue weighted by molar-refractivity contribution is 7.93. The first-order valence-electron chi connectivity index (χ1n) is 11.2. The van der Waals surface area contributed by atoms with E-state index in [1.165, 1.54) is 51.5 Å². The van der Waals surface area contributed by atoms with Gasteiger partial charge in [-0.2, -0.15) is 9.97 Å². The van der Waals surface area contributed by atoms with Gasteiger partial charge in [-0.25, -0.2) is 22.8 Å². The van der Waals surface area contributed by atoms with Crippen LogP contribution in [0.2, 0.25) is 5.02 Å². The number of sulfonamides is 1. The second-order valence-electron chi connectivity index (χ2n) is 8.33. The summed E-state index contributed by atoms with van der Waals surface area (Å²) in [5.74, 6) is 0.110. The number of hydrogen-bond donors (Lipinski definition) is 1. The van der Waals surface area contributed by atoms with Crippen LogP contribution in [0.1, 0.15) is 49.9 Å². The topological polar surface area (TPSA) is 156 Å². The Morgan fingerprint density at radius 1 is 1.08 bits per heavy atom. The van der Waals surface area contributed by atoms with Crippen molar-refractivity contribution in [2.75, 3.05) is 26.1 Å². The number of nitrogens with one attached hydrogen (secondary N) is 1. The molecule has 1 fully saturated rings. The second-order valence-corrected chi connectivity index (χ2v) is 10.8. The van der Waals surface area contributed by atoms with Crippen molar-refractivity contribution < 1.29 is 27.0 Å². The van der Waals surface area contributed by atoms with Crippen molar-refractivity contribution >= 4 is 27.6 Å². The summed E-state index contributed by atoms with van der Waals surface area (Å²) in [4.78, 5) is 16.4. The average molecular weight is 557 g/mol. The Morgan fingerprint density at radius 3 is 2.27 bits per heavy atom. The van der Waals surface area contributed by atoms with Crippen molar-refractivity contribution in [1.82, 2.24) is 34.7 Å². The van der Waals surface area contributed by atoms with Gasteiger partial charge in [0.05, 0.1) is 19.2 Å². The maximum atomic E-state index is 14.1. The van der Waals surface area contributed by atoms with Crippen molar-refractivity contribution in [3.63, 3.8) is 0 Å². The van der Waals surface area contributed by atoms with Crippen molar-refractivity contribution in [2.45, 2.75) is 49.6 Å². The third kappa shape index (κ3) is 5.43. The lowest BCUT2D eigenvalue weighted by atomic mass is 10.1. The highest BCUT2D eigenvalue weighted by Crippen LogP contribution is 2.40. The van der Waals surface area contributed by atoms with E-state index in [1.54, 1.807) is 0 Å². The van der Waals surface area contributed by atoms with E-state index in [0.717, 1.165) is 0 Å². The fraction of sp³-hybridized carbons (Fsp3) is 0.524. The van der Waals surface area contributed by atoms with E-state index >= 15 is 0 Å². The van der Waals surface area contributed by atoms with E-state index in [-0.39, 0.29) is 41.6 Å². The number of ether oxygens (including phenoxy) is 3. The summed E-state index contributed by atoms with van der Waals surface area (Å²) in [5, 5.41) is 7.43. The SMILES string of the molecule is COc1ncnc(OC)c1-n1c(NS(=O)(=O)C(C)C(OC)c2ncc(Cl)cn2)nnc1C1CCC(F)C1. The minimum absolute atomic E-state index is 0.0838. The normalized spacial score (nSPS) is 19.4. The van der Waals surface area contributed by atoms with Gasteiger partial charge in [-0.1, -0.05) is 11.6 Å². The second kappa shape index (κ2) is 11.1. The molecule has 1 aliphatic rings. The van der Waals surface area contributed by atoms with E-state index in [2.05, 4.69) is 34.9 Å². The average Bonchev–Trinajstić information content (AvgIpc) is 3.50. The number of anilines is 1. The molecule has 3 aromatic heterocycles. The summed E-state index contributed by atoms with van der Waals surface area (Å²) in [6.07, 6.45) is 2.95. The van der Waals surface area contributed by atoms with Gasteiger partial charge in [0, 0.05) is 25.4 Å². The Bertz CT molecular complexity index is 1320. The first-order valence-corrected chi connectivity index (χ1v) is 13.2. The summed E-state index contributed by atoms with van der Waals surface area (Å²) in [7, 11) is -0.0493. The maximum absolute atomic E-state index is 14.1. The predicted octanol–water partition coefficient (Wildman–Crippen LogP) is 2.64. The lowest BCUT2D eigenvalue weighted by Gasteiger charge is -2.23. The number of halogens is 2. The third-order valence-electron chi connectivity index (χ3n) is 6.09. The Balaban J connectivity index is 1.78. The first kappa shape index (κ1) is 26.9. The smallest absolute Gasteiger partial charge is 0.245 e. The van der Waals surface area contributed by atoms with Gasteiger partial charge in [0.2, 0.25) is 27.7 Å². The van der Waals surface area contributed by atoms with E-state index < -0.39 is 27.5 Å². The van der Waals surface area contributed by atoms with E-state index in [1.807, 2.05) is 0 Å². The van der Waals surface area contributed by atoms with Crippen LogP contribution in [0, 0.1) is 0 Å². The standard InChI is InChI=1S/C21H26ClFN8O5S/c1-11(16(34-2)17-24-8-13(22)9-25-17)37(32,33)30-21-29-28-18(12-5-6-14(23)7-12)31(21)15-19(35-3)26-10-27-20(15)36-4/h8-12,14,16H,5-7H2,1-4H3,(H,29,30). The van der Waals surface area contributed by atoms with Crippen LogP contribution in [0.4, 0.5) is 10.3 Å². The first-order chi connectivity index (χ1) is 17.7. The molecule has 0 aliphatic heterocycles. The molecule has 0 bridgehead atoms. The molecule has 1 saturated carbocycles. The third-order valence-corrected chi connectivity index (χ3v) is 7.97. The Morgan fingerprint density at radius 2 is 1.73 bits per heavy atom. The molecule has 37 heavy (non-hydrogen) atoms. The van der Waals surface area contributed by atoms with E-state index in [4.69, 9.17) is 25.8 Å². The number of rotatable bonds is 10. The van der Waals surface area contributed by atoms with Crippen LogP contribution < -0.4 is 14.2 Å². The zero-order valence-electron chi connectivity index (χ0n) is 20.5. The van der Waals surface area contributed by atoms with Gasteiger partial charge in [-0.3, -0.25) is 9.29 Å². The molecule has 4 unspecified atom stereocenters. The maximum Gasteiger partial charge on any atom is 0.245 e. The number of nitrogens with zero attached hydrogens (tertiary/aromatic N) is 7. The molecule has 0 radical (unpaired) electrons.